The molecule has 6 nitrogen and oxygen atoms in total. The third-order valence-corrected chi connectivity index (χ3v) is 4.74. The highest BCUT2D eigenvalue weighted by molar-refractivity contribution is 5.94. The topological polar surface area (TPSA) is 82.8 Å². The first-order valence-electron chi connectivity index (χ1n) is 9.14. The van der Waals surface area contributed by atoms with E-state index in [1.54, 1.807) is 32.4 Å². The molecule has 0 unspecified atom stereocenters. The minimum atomic E-state index is -0.183. The largest absolute Gasteiger partial charge is 0.496 e. The third kappa shape index (κ3) is 4.34. The van der Waals surface area contributed by atoms with Crippen LogP contribution < -0.4 is 25.3 Å². The van der Waals surface area contributed by atoms with Crippen molar-refractivity contribution < 1.29 is 19.0 Å². The Morgan fingerprint density at radius 2 is 1.78 bits per heavy atom. The minimum absolute atomic E-state index is 0.183. The number of rotatable bonds is 8. The van der Waals surface area contributed by atoms with E-state index in [1.807, 2.05) is 0 Å². The van der Waals surface area contributed by atoms with Crippen LogP contribution in [0.15, 0.2) is 30.3 Å². The number of aryl methyl sites for hydroxylation is 2. The molecule has 0 spiro atoms. The molecule has 0 heterocycles. The first-order chi connectivity index (χ1) is 13.2. The molecule has 27 heavy (non-hydrogen) atoms. The summed E-state index contributed by atoms with van der Waals surface area (Å²) >= 11 is 0. The van der Waals surface area contributed by atoms with Gasteiger partial charge < -0.3 is 25.3 Å². The fourth-order valence-corrected chi connectivity index (χ4v) is 3.36. The number of methoxy groups -OCH3 is 2. The van der Waals surface area contributed by atoms with Gasteiger partial charge in [0.1, 0.15) is 12.4 Å². The van der Waals surface area contributed by atoms with Gasteiger partial charge in [-0.2, -0.15) is 0 Å². The smallest absolute Gasteiger partial charge is 0.251 e. The van der Waals surface area contributed by atoms with Gasteiger partial charge in [0.15, 0.2) is 11.5 Å². The average molecular weight is 370 g/mol. The van der Waals surface area contributed by atoms with Crippen molar-refractivity contribution in [2.45, 2.75) is 25.8 Å². The van der Waals surface area contributed by atoms with E-state index < -0.39 is 0 Å². The van der Waals surface area contributed by atoms with Crippen LogP contribution >= 0.6 is 0 Å². The highest BCUT2D eigenvalue weighted by atomic mass is 16.5. The van der Waals surface area contributed by atoms with Crippen molar-refractivity contribution in [1.82, 2.24) is 5.32 Å². The quantitative estimate of drug-likeness (QED) is 0.746. The highest BCUT2D eigenvalue weighted by Crippen LogP contribution is 2.30. The third-order valence-electron chi connectivity index (χ3n) is 4.74. The van der Waals surface area contributed by atoms with Crippen molar-refractivity contribution in [2.75, 3.05) is 27.4 Å². The van der Waals surface area contributed by atoms with Gasteiger partial charge >= 0.3 is 0 Å². The van der Waals surface area contributed by atoms with E-state index in [2.05, 4.69) is 17.4 Å². The van der Waals surface area contributed by atoms with Crippen LogP contribution in [0.2, 0.25) is 0 Å². The Bertz CT molecular complexity index is 820. The summed E-state index contributed by atoms with van der Waals surface area (Å²) < 4.78 is 16.3. The second kappa shape index (κ2) is 8.77. The maximum absolute atomic E-state index is 12.6. The summed E-state index contributed by atoms with van der Waals surface area (Å²) in [5.41, 5.74) is 9.67. The van der Waals surface area contributed by atoms with Crippen molar-refractivity contribution in [3.05, 3.63) is 52.6 Å². The number of benzene rings is 2. The summed E-state index contributed by atoms with van der Waals surface area (Å²) in [5, 5.41) is 2.96. The molecule has 0 saturated carbocycles. The van der Waals surface area contributed by atoms with E-state index in [0.29, 0.717) is 36.8 Å². The molecule has 3 N–H and O–H groups in total. The Labute approximate surface area is 159 Å². The zero-order valence-corrected chi connectivity index (χ0v) is 15.8. The predicted molar refractivity (Wildman–Crippen MR) is 104 cm³/mol. The molecule has 0 saturated heterocycles. The van der Waals surface area contributed by atoms with Crippen molar-refractivity contribution >= 4 is 5.91 Å². The Kier molecular flexibility index (Phi) is 6.19. The molecule has 0 aliphatic heterocycles. The van der Waals surface area contributed by atoms with Crippen molar-refractivity contribution in [3.63, 3.8) is 0 Å². The molecule has 2 aromatic carbocycles. The van der Waals surface area contributed by atoms with Gasteiger partial charge in [0, 0.05) is 24.2 Å². The number of nitrogens with one attached hydrogen (secondary N) is 1. The molecule has 3 rings (SSSR count). The van der Waals surface area contributed by atoms with Crippen LogP contribution in [0.3, 0.4) is 0 Å². The monoisotopic (exact) mass is 370 g/mol. The lowest BCUT2D eigenvalue weighted by Gasteiger charge is -2.14. The lowest BCUT2D eigenvalue weighted by atomic mass is 10.0. The molecule has 1 amide bonds. The zero-order chi connectivity index (χ0) is 19.2. The van der Waals surface area contributed by atoms with Crippen LogP contribution in [0.25, 0.3) is 0 Å². The Morgan fingerprint density at radius 3 is 2.48 bits per heavy atom. The molecule has 0 aromatic heterocycles. The lowest BCUT2D eigenvalue weighted by molar-refractivity contribution is 0.0950. The molecule has 0 fully saturated rings. The molecule has 1 aliphatic carbocycles. The molecule has 1 aliphatic rings. The number of amides is 1. The first kappa shape index (κ1) is 19.0. The summed E-state index contributed by atoms with van der Waals surface area (Å²) in [6, 6.07) is 9.34. The fourth-order valence-electron chi connectivity index (χ4n) is 3.36. The van der Waals surface area contributed by atoms with Crippen molar-refractivity contribution in [2.24, 2.45) is 5.73 Å². The molecule has 2 aromatic rings. The van der Waals surface area contributed by atoms with Gasteiger partial charge in [-0.15, -0.1) is 0 Å². The van der Waals surface area contributed by atoms with E-state index in [9.17, 15) is 4.79 Å². The second-order valence-electron chi connectivity index (χ2n) is 6.47. The maximum atomic E-state index is 12.6. The Morgan fingerprint density at radius 1 is 1.04 bits per heavy atom. The normalized spacial score (nSPS) is 12.4. The SMILES string of the molecule is COc1cc2c(cc1CNC(=O)c1ccc(OC)c(OCCN)c1)CCC2. The number of hydrogen-bond donors (Lipinski definition) is 2. The fraction of sp³-hybridized carbons (Fsp3) is 0.381. The van der Waals surface area contributed by atoms with Crippen molar-refractivity contribution in [1.29, 1.82) is 0 Å². The van der Waals surface area contributed by atoms with E-state index in [1.165, 1.54) is 17.5 Å². The Balaban J connectivity index is 1.72. The zero-order valence-electron chi connectivity index (χ0n) is 15.8. The van der Waals surface area contributed by atoms with E-state index in [-0.39, 0.29) is 5.91 Å². The van der Waals surface area contributed by atoms with Gasteiger partial charge in [-0.05, 0) is 54.7 Å². The number of carbonyl (C=O) groups excluding carboxylic acids is 1. The summed E-state index contributed by atoms with van der Waals surface area (Å²) in [6.07, 6.45) is 3.35. The van der Waals surface area contributed by atoms with Gasteiger partial charge in [-0.25, -0.2) is 0 Å². The first-order valence-corrected chi connectivity index (χ1v) is 9.14. The van der Waals surface area contributed by atoms with Gasteiger partial charge in [0.05, 0.1) is 14.2 Å². The molecular formula is C21H26N2O4. The number of carbonyl (C=O) groups is 1. The van der Waals surface area contributed by atoms with Crippen LogP contribution in [0.4, 0.5) is 0 Å². The van der Waals surface area contributed by atoms with Crippen LogP contribution in [-0.2, 0) is 19.4 Å². The van der Waals surface area contributed by atoms with Gasteiger partial charge in [-0.3, -0.25) is 4.79 Å². The molecule has 0 bridgehead atoms. The van der Waals surface area contributed by atoms with Gasteiger partial charge in [0.2, 0.25) is 0 Å². The molecular weight excluding hydrogens is 344 g/mol. The standard InChI is InChI=1S/C21H26N2O4/c1-25-18-7-6-16(12-20(18)27-9-8-22)21(24)23-13-17-10-14-4-3-5-15(14)11-19(17)26-2/h6-7,10-12H,3-5,8-9,13,22H2,1-2H3,(H,23,24). The number of ether oxygens (including phenoxy) is 3. The number of nitrogens with two attached hydrogens (primary N) is 1. The van der Waals surface area contributed by atoms with Crippen LogP contribution in [0, 0.1) is 0 Å². The van der Waals surface area contributed by atoms with Crippen LogP contribution in [0.1, 0.15) is 33.5 Å². The number of fused-ring (bicyclic) bond motifs is 1. The van der Waals surface area contributed by atoms with Gasteiger partial charge in [0.25, 0.3) is 5.91 Å². The lowest BCUT2D eigenvalue weighted by Crippen LogP contribution is -2.23. The summed E-state index contributed by atoms with van der Waals surface area (Å²) in [4.78, 5) is 12.6. The molecule has 0 radical (unpaired) electrons. The Hall–Kier alpha value is -2.73. The van der Waals surface area contributed by atoms with Crippen LogP contribution in [-0.4, -0.2) is 33.3 Å². The van der Waals surface area contributed by atoms with Gasteiger partial charge in [-0.1, -0.05) is 6.07 Å². The van der Waals surface area contributed by atoms with Crippen molar-refractivity contribution in [3.8, 4) is 17.2 Å². The molecule has 6 heteroatoms. The summed E-state index contributed by atoms with van der Waals surface area (Å²) in [5.74, 6) is 1.71. The van der Waals surface area contributed by atoms with Crippen LogP contribution in [0.5, 0.6) is 17.2 Å². The second-order valence-corrected chi connectivity index (χ2v) is 6.47. The summed E-state index contributed by atoms with van der Waals surface area (Å²) in [7, 11) is 3.22. The predicted octanol–water partition coefficient (Wildman–Crippen LogP) is 2.46. The molecule has 144 valence electrons. The number of hydrogen-bond acceptors (Lipinski definition) is 5. The highest BCUT2D eigenvalue weighted by Gasteiger charge is 2.16. The van der Waals surface area contributed by atoms with E-state index in [0.717, 1.165) is 24.2 Å². The minimum Gasteiger partial charge on any atom is -0.496 e. The molecule has 0 atom stereocenters. The van der Waals surface area contributed by atoms with E-state index in [4.69, 9.17) is 19.9 Å². The summed E-state index contributed by atoms with van der Waals surface area (Å²) in [6.45, 7) is 1.14. The maximum Gasteiger partial charge on any atom is 0.251 e. The van der Waals surface area contributed by atoms with E-state index >= 15 is 0 Å². The average Bonchev–Trinajstić information content (AvgIpc) is 3.16.